The van der Waals surface area contributed by atoms with Crippen molar-refractivity contribution >= 4 is 55.2 Å². The number of benzene rings is 1. The van der Waals surface area contributed by atoms with Gasteiger partial charge in [0.25, 0.3) is 0 Å². The van der Waals surface area contributed by atoms with Gasteiger partial charge in [-0.25, -0.2) is 18.4 Å². The van der Waals surface area contributed by atoms with Crippen LogP contribution in [0.15, 0.2) is 41.3 Å². The van der Waals surface area contributed by atoms with Gasteiger partial charge in [-0.05, 0) is 43.1 Å². The maximum atomic E-state index is 13.5. The molecule has 9 nitrogen and oxygen atoms in total. The lowest BCUT2D eigenvalue weighted by Crippen LogP contribution is -2.47. The number of hydrogen-bond acceptors (Lipinski definition) is 8. The number of ether oxygens (including phenoxy) is 1. The number of likely N-dealkylation sites (N-methyl/N-ethyl adjacent to an activating group) is 1. The van der Waals surface area contributed by atoms with Gasteiger partial charge in [-0.2, -0.15) is 4.31 Å². The largest absolute Gasteiger partial charge is 0.481 e. The predicted octanol–water partition coefficient (Wildman–Crippen LogP) is 4.36. The van der Waals surface area contributed by atoms with Crippen molar-refractivity contribution in [1.82, 2.24) is 19.2 Å². The third-order valence-corrected chi connectivity index (χ3v) is 10.2. The molecule has 1 unspecified atom stereocenters. The number of carbonyl (C=O) groups is 1. The number of halogens is 1. The summed E-state index contributed by atoms with van der Waals surface area (Å²) >= 11 is 1.31. The number of pyridine rings is 1. The molecular weight excluding hydrogens is 546 g/mol. The molecule has 1 amide bonds. The monoisotopic (exact) mass is 579 g/mol. The van der Waals surface area contributed by atoms with Crippen LogP contribution in [0, 0.1) is 5.92 Å². The first-order valence-electron chi connectivity index (χ1n) is 12.7. The van der Waals surface area contributed by atoms with Crippen LogP contribution in [0.5, 0.6) is 5.88 Å². The van der Waals surface area contributed by atoms with Crippen LogP contribution in [-0.2, 0) is 14.8 Å². The van der Waals surface area contributed by atoms with Crippen molar-refractivity contribution in [2.24, 2.45) is 5.92 Å². The van der Waals surface area contributed by atoms with Crippen LogP contribution in [0.4, 0.5) is 5.13 Å². The Kier molecular flexibility index (Phi) is 9.25. The number of nitrogens with one attached hydrogen (secondary N) is 1. The van der Waals surface area contributed by atoms with Gasteiger partial charge in [-0.15, -0.1) is 12.4 Å². The van der Waals surface area contributed by atoms with Gasteiger partial charge in [0.15, 0.2) is 5.13 Å². The number of carbonyl (C=O) groups excluding carboxylic acids is 1. The van der Waals surface area contributed by atoms with E-state index in [2.05, 4.69) is 20.2 Å². The van der Waals surface area contributed by atoms with Crippen molar-refractivity contribution in [2.75, 3.05) is 45.7 Å². The summed E-state index contributed by atoms with van der Waals surface area (Å²) < 4.78 is 33.1. The van der Waals surface area contributed by atoms with Gasteiger partial charge in [-0.3, -0.25) is 4.79 Å². The highest BCUT2D eigenvalue weighted by atomic mass is 35.5. The average Bonchev–Trinajstić information content (AvgIpc) is 3.56. The Morgan fingerprint density at radius 2 is 1.76 bits per heavy atom. The number of rotatable bonds is 8. The Hall–Kier alpha value is -2.31. The van der Waals surface area contributed by atoms with Crippen LogP contribution >= 0.6 is 23.7 Å². The molecular formula is C26H34ClN5O4S2. The van der Waals surface area contributed by atoms with Gasteiger partial charge in [0.1, 0.15) is 10.3 Å². The zero-order valence-electron chi connectivity index (χ0n) is 21.6. The fraction of sp³-hybridized carbons (Fsp3) is 0.500. The number of nitrogens with zero attached hydrogens (tertiary/aromatic N) is 4. The zero-order chi connectivity index (χ0) is 26.0. The summed E-state index contributed by atoms with van der Waals surface area (Å²) in [5, 5.41) is 3.49. The molecule has 38 heavy (non-hydrogen) atoms. The lowest BCUT2D eigenvalue weighted by Gasteiger charge is -2.31. The van der Waals surface area contributed by atoms with Gasteiger partial charge in [0.2, 0.25) is 21.8 Å². The van der Waals surface area contributed by atoms with Crippen molar-refractivity contribution in [1.29, 1.82) is 0 Å². The van der Waals surface area contributed by atoms with E-state index in [0.717, 1.165) is 37.9 Å². The van der Waals surface area contributed by atoms with Crippen molar-refractivity contribution < 1.29 is 17.9 Å². The summed E-state index contributed by atoms with van der Waals surface area (Å²) in [5.74, 6) is 0.455. The summed E-state index contributed by atoms with van der Waals surface area (Å²) in [4.78, 5) is 25.6. The number of sulfonamides is 1. The number of aromatic nitrogens is 2. The molecule has 3 aromatic rings. The van der Waals surface area contributed by atoms with Crippen LogP contribution < -0.4 is 10.1 Å². The number of anilines is 1. The molecule has 2 aliphatic rings. The fourth-order valence-electron chi connectivity index (χ4n) is 5.18. The van der Waals surface area contributed by atoms with Crippen LogP contribution in [0.1, 0.15) is 43.6 Å². The van der Waals surface area contributed by atoms with Crippen LogP contribution in [-0.4, -0.2) is 73.8 Å². The molecule has 1 N–H and O–H groups in total. The fourth-order valence-corrected chi connectivity index (χ4v) is 7.44. The minimum atomic E-state index is -3.56. The van der Waals surface area contributed by atoms with E-state index in [0.29, 0.717) is 40.4 Å². The summed E-state index contributed by atoms with van der Waals surface area (Å²) in [7, 11) is -0.000435. The zero-order valence-corrected chi connectivity index (χ0v) is 24.1. The average molecular weight is 580 g/mol. The number of amides is 1. The third-order valence-electron chi connectivity index (χ3n) is 7.41. The molecule has 1 atom stereocenters. The smallest absolute Gasteiger partial charge is 0.243 e. The molecule has 1 saturated heterocycles. The number of hydrogen-bond donors (Lipinski definition) is 1. The molecule has 0 radical (unpaired) electrons. The molecule has 2 fully saturated rings. The van der Waals surface area contributed by atoms with E-state index in [4.69, 9.17) is 4.74 Å². The predicted molar refractivity (Wildman–Crippen MR) is 152 cm³/mol. The first kappa shape index (κ1) is 28.7. The first-order valence-corrected chi connectivity index (χ1v) is 15.0. The van der Waals surface area contributed by atoms with Crippen LogP contribution in [0.25, 0.3) is 10.3 Å². The number of thiazole rings is 1. The molecule has 1 aromatic carbocycles. The van der Waals surface area contributed by atoms with Crippen molar-refractivity contribution in [3.63, 3.8) is 0 Å². The Balaban J connectivity index is 0.00000336. The van der Waals surface area contributed by atoms with Gasteiger partial charge >= 0.3 is 0 Å². The maximum Gasteiger partial charge on any atom is 0.243 e. The summed E-state index contributed by atoms with van der Waals surface area (Å²) in [6.07, 6.45) is 5.33. The molecule has 206 valence electrons. The molecule has 3 heterocycles. The van der Waals surface area contributed by atoms with E-state index in [1.54, 1.807) is 41.7 Å². The van der Waals surface area contributed by atoms with E-state index in [1.807, 2.05) is 13.1 Å². The normalized spacial score (nSPS) is 18.3. The van der Waals surface area contributed by atoms with Crippen molar-refractivity contribution in [3.8, 4) is 5.88 Å². The van der Waals surface area contributed by atoms with Crippen molar-refractivity contribution in [2.45, 2.75) is 42.9 Å². The summed E-state index contributed by atoms with van der Waals surface area (Å²) in [5.41, 5.74) is 1.52. The Labute approximate surface area is 234 Å². The van der Waals surface area contributed by atoms with E-state index < -0.39 is 15.9 Å². The SMILES string of the molecule is COc1ccc2nc(NC(=O)C(CC3CCCC3)c3ccc(S(=O)(=O)N4CCN(C)CC4)cc3)sc2n1.Cl. The maximum absolute atomic E-state index is 13.5. The number of piperazine rings is 1. The van der Waals surface area contributed by atoms with Gasteiger partial charge in [-0.1, -0.05) is 49.2 Å². The Morgan fingerprint density at radius 3 is 2.42 bits per heavy atom. The highest BCUT2D eigenvalue weighted by Crippen LogP contribution is 2.36. The van der Waals surface area contributed by atoms with Gasteiger partial charge in [0.05, 0.1) is 17.9 Å². The molecule has 1 saturated carbocycles. The number of methoxy groups -OCH3 is 1. The Bertz CT molecular complexity index is 1350. The lowest BCUT2D eigenvalue weighted by molar-refractivity contribution is -0.118. The lowest BCUT2D eigenvalue weighted by atomic mass is 9.87. The highest BCUT2D eigenvalue weighted by molar-refractivity contribution is 7.89. The first-order chi connectivity index (χ1) is 17.8. The molecule has 5 rings (SSSR count). The molecule has 0 bridgehead atoms. The minimum absolute atomic E-state index is 0. The molecule has 2 aromatic heterocycles. The molecule has 1 aliphatic carbocycles. The second kappa shape index (κ2) is 12.3. The third kappa shape index (κ3) is 6.28. The van der Waals surface area contributed by atoms with Gasteiger partial charge < -0.3 is 15.0 Å². The van der Waals surface area contributed by atoms with Gasteiger partial charge in [0, 0.05) is 32.2 Å². The van der Waals surface area contributed by atoms with E-state index in [-0.39, 0.29) is 23.2 Å². The topological polar surface area (TPSA) is 105 Å². The second-order valence-corrected chi connectivity index (χ2v) is 12.8. The number of fused-ring (bicyclic) bond motifs is 1. The molecule has 0 spiro atoms. The quantitative estimate of drug-likeness (QED) is 0.423. The standard InChI is InChI=1S/C26H33N5O4S2.ClH/c1-30-13-15-31(16-14-30)37(33,34)20-9-7-19(8-10-20)21(17-18-5-3-4-6-18)24(32)29-26-27-22-11-12-23(35-2)28-25(22)36-26;/h7-12,18,21H,3-6,13-17H2,1-2H3,(H,27,29,32);1H. The second-order valence-electron chi connectivity index (χ2n) is 9.90. The van der Waals surface area contributed by atoms with E-state index >= 15 is 0 Å². The minimum Gasteiger partial charge on any atom is -0.481 e. The van der Waals surface area contributed by atoms with E-state index in [9.17, 15) is 13.2 Å². The highest BCUT2D eigenvalue weighted by Gasteiger charge is 2.30. The summed E-state index contributed by atoms with van der Waals surface area (Å²) in [6.45, 7) is 2.40. The van der Waals surface area contributed by atoms with Crippen LogP contribution in [0.3, 0.4) is 0 Å². The molecule has 12 heteroatoms. The van der Waals surface area contributed by atoms with Crippen molar-refractivity contribution in [3.05, 3.63) is 42.0 Å². The van der Waals surface area contributed by atoms with Crippen LogP contribution in [0.2, 0.25) is 0 Å². The molecule has 1 aliphatic heterocycles. The summed E-state index contributed by atoms with van der Waals surface area (Å²) in [6, 6.07) is 10.5. The van der Waals surface area contributed by atoms with E-state index in [1.165, 1.54) is 24.2 Å². The Morgan fingerprint density at radius 1 is 1.08 bits per heavy atom.